The van der Waals surface area contributed by atoms with Crippen LogP contribution in [0.1, 0.15) is 13.8 Å². The Bertz CT molecular complexity index is 266. The maximum absolute atomic E-state index is 8.65. The van der Waals surface area contributed by atoms with Crippen molar-refractivity contribution in [3.63, 3.8) is 0 Å². The van der Waals surface area contributed by atoms with Crippen molar-refractivity contribution in [2.75, 3.05) is 6.61 Å². The molecule has 0 aliphatic heterocycles. The predicted molar refractivity (Wildman–Crippen MR) is 54.7 cm³/mol. The van der Waals surface area contributed by atoms with E-state index in [-0.39, 0.29) is 0 Å². The highest BCUT2D eigenvalue weighted by atomic mass is 16.6. The molecule has 0 saturated heterocycles. The molecule has 0 bridgehead atoms. The number of rotatable bonds is 3. The van der Waals surface area contributed by atoms with E-state index in [4.69, 9.17) is 10.2 Å². The zero-order valence-electron chi connectivity index (χ0n) is 8.47. The van der Waals surface area contributed by atoms with Gasteiger partial charge in [-0.1, -0.05) is 18.2 Å². The van der Waals surface area contributed by atoms with E-state index in [2.05, 4.69) is 29.0 Å². The maximum atomic E-state index is 8.65. The number of hydrogen-bond acceptors (Lipinski definition) is 3. The molecule has 0 aromatic heterocycles. The third kappa shape index (κ3) is 3.46. The molecular formula is C11H16O3. The van der Waals surface area contributed by atoms with Crippen molar-refractivity contribution in [3.05, 3.63) is 24.3 Å². The van der Waals surface area contributed by atoms with E-state index in [0.717, 1.165) is 0 Å². The Hall–Kier alpha value is -0.900. The second kappa shape index (κ2) is 5.10. The Morgan fingerprint density at radius 2 is 1.86 bits per heavy atom. The number of aliphatic hydroxyl groups is 2. The van der Waals surface area contributed by atoms with E-state index in [0.29, 0.717) is 6.61 Å². The van der Waals surface area contributed by atoms with Gasteiger partial charge in [0.25, 0.3) is 0 Å². The summed E-state index contributed by atoms with van der Waals surface area (Å²) in [7, 11) is 0. The van der Waals surface area contributed by atoms with Gasteiger partial charge in [0.05, 0.1) is 0 Å². The molecule has 2 aliphatic rings. The first-order valence-corrected chi connectivity index (χ1v) is 4.73. The van der Waals surface area contributed by atoms with Crippen molar-refractivity contribution >= 4 is 0 Å². The molecule has 0 aromatic carbocycles. The fourth-order valence-corrected chi connectivity index (χ4v) is 0.986. The lowest BCUT2D eigenvalue weighted by atomic mass is 10.4. The van der Waals surface area contributed by atoms with Gasteiger partial charge < -0.3 is 14.9 Å². The largest absolute Gasteiger partial charge is 0.388 e. The first-order valence-electron chi connectivity index (χ1n) is 4.73. The monoisotopic (exact) mass is 196 g/mol. The Kier molecular flexibility index (Phi) is 4.07. The van der Waals surface area contributed by atoms with Gasteiger partial charge in [-0.05, 0) is 31.0 Å². The third-order valence-corrected chi connectivity index (χ3v) is 1.86. The van der Waals surface area contributed by atoms with Crippen LogP contribution >= 0.6 is 0 Å². The van der Waals surface area contributed by atoms with Crippen molar-refractivity contribution in [1.82, 2.24) is 0 Å². The molecule has 2 rings (SSSR count). The molecule has 0 saturated carbocycles. The average molecular weight is 196 g/mol. The highest BCUT2D eigenvalue weighted by molar-refractivity contribution is 5.80. The van der Waals surface area contributed by atoms with E-state index >= 15 is 0 Å². The lowest BCUT2D eigenvalue weighted by molar-refractivity contribution is -0.152. The number of aliphatic hydroxyl groups excluding tert-OH is 2. The van der Waals surface area contributed by atoms with E-state index in [1.807, 2.05) is 0 Å². The Labute approximate surface area is 84.0 Å². The van der Waals surface area contributed by atoms with Crippen LogP contribution in [0.5, 0.6) is 0 Å². The van der Waals surface area contributed by atoms with Gasteiger partial charge in [-0.2, -0.15) is 0 Å². The Balaban J connectivity index is 0.000000143. The predicted octanol–water partition coefficient (Wildman–Crippen LogP) is 1.39. The summed E-state index contributed by atoms with van der Waals surface area (Å²) in [6.45, 7) is 3.65. The molecule has 2 N–H and O–H groups in total. The number of hydrogen-bond donors (Lipinski definition) is 2. The van der Waals surface area contributed by atoms with Gasteiger partial charge in [-0.3, -0.25) is 0 Å². The minimum absolute atomic E-state index is 0.423. The molecule has 0 spiro atoms. The quantitative estimate of drug-likeness (QED) is 0.729. The fourth-order valence-electron chi connectivity index (χ4n) is 0.986. The molecule has 0 fully saturated rings. The molecule has 0 aromatic rings. The summed E-state index contributed by atoms with van der Waals surface area (Å²) in [4.78, 5) is 0. The summed E-state index contributed by atoms with van der Waals surface area (Å²) in [6.07, 6.45) is -1.82. The molecule has 2 atom stereocenters. The second-order valence-corrected chi connectivity index (χ2v) is 3.17. The van der Waals surface area contributed by atoms with Crippen LogP contribution < -0.4 is 0 Å². The van der Waals surface area contributed by atoms with Crippen molar-refractivity contribution in [2.24, 2.45) is 0 Å². The van der Waals surface area contributed by atoms with Gasteiger partial charge in [0.1, 0.15) is 6.10 Å². The molecule has 14 heavy (non-hydrogen) atoms. The van der Waals surface area contributed by atoms with Crippen LogP contribution in [-0.4, -0.2) is 29.2 Å². The van der Waals surface area contributed by atoms with Gasteiger partial charge in [0.15, 0.2) is 6.29 Å². The zero-order chi connectivity index (χ0) is 10.6. The molecule has 3 heteroatoms. The van der Waals surface area contributed by atoms with Crippen LogP contribution in [0.3, 0.4) is 0 Å². The standard InChI is InChI=1S/C6H4.C5H12O3/c1-2-5-4-6(5)3-1;1-3-8-5(7)4(2)6/h1-4H;4-7H,3H2,1-2H3. The number of fused-ring (bicyclic) bond motifs is 1. The summed E-state index contributed by atoms with van der Waals surface area (Å²) >= 11 is 0. The number of ether oxygens (including phenoxy) is 1. The molecule has 2 unspecified atom stereocenters. The molecule has 0 amide bonds. The van der Waals surface area contributed by atoms with Gasteiger partial charge in [-0.25, -0.2) is 0 Å². The highest BCUT2D eigenvalue weighted by Gasteiger charge is 2.08. The lowest BCUT2D eigenvalue weighted by Gasteiger charge is -2.11. The first-order chi connectivity index (χ1) is 6.65. The van der Waals surface area contributed by atoms with E-state index in [1.54, 1.807) is 6.92 Å². The fraction of sp³-hybridized carbons (Fsp3) is 0.455. The Morgan fingerprint density at radius 3 is 2.00 bits per heavy atom. The minimum atomic E-state index is -1.03. The van der Waals surface area contributed by atoms with Crippen LogP contribution in [0.25, 0.3) is 11.1 Å². The third-order valence-electron chi connectivity index (χ3n) is 1.86. The smallest absolute Gasteiger partial charge is 0.180 e. The SMILES string of the molecule is CCOC(O)C(C)O.c1cc2cc-2c1. The van der Waals surface area contributed by atoms with Crippen LogP contribution in [0, 0.1) is 0 Å². The zero-order valence-corrected chi connectivity index (χ0v) is 8.47. The van der Waals surface area contributed by atoms with Crippen LogP contribution in [0.15, 0.2) is 24.3 Å². The highest BCUT2D eigenvalue weighted by Crippen LogP contribution is 2.32. The molecular weight excluding hydrogens is 180 g/mol. The van der Waals surface area contributed by atoms with Crippen molar-refractivity contribution < 1.29 is 14.9 Å². The lowest BCUT2D eigenvalue weighted by Crippen LogP contribution is -2.25. The molecule has 78 valence electrons. The summed E-state index contributed by atoms with van der Waals surface area (Å²) in [6, 6.07) is 8.48. The molecule has 0 radical (unpaired) electrons. The molecule has 3 nitrogen and oxygen atoms in total. The normalized spacial score (nSPS) is 15.1. The van der Waals surface area contributed by atoms with Crippen molar-refractivity contribution in [1.29, 1.82) is 0 Å². The average Bonchev–Trinajstić information content (AvgIpc) is 2.75. The van der Waals surface area contributed by atoms with Crippen molar-refractivity contribution in [3.8, 4) is 11.1 Å². The first kappa shape index (κ1) is 11.2. The summed E-state index contributed by atoms with van der Waals surface area (Å²) in [5.41, 5.74) is 2.85. The molecule has 2 aliphatic carbocycles. The maximum Gasteiger partial charge on any atom is 0.180 e. The van der Waals surface area contributed by atoms with Gasteiger partial charge >= 0.3 is 0 Å². The topological polar surface area (TPSA) is 49.7 Å². The van der Waals surface area contributed by atoms with Crippen LogP contribution in [0.2, 0.25) is 0 Å². The van der Waals surface area contributed by atoms with E-state index < -0.39 is 12.4 Å². The van der Waals surface area contributed by atoms with E-state index in [9.17, 15) is 0 Å². The summed E-state index contributed by atoms with van der Waals surface area (Å²) in [5.74, 6) is 0. The Morgan fingerprint density at radius 1 is 1.29 bits per heavy atom. The summed E-state index contributed by atoms with van der Waals surface area (Å²) in [5, 5.41) is 17.2. The van der Waals surface area contributed by atoms with E-state index in [1.165, 1.54) is 18.1 Å². The number of benzene rings is 1. The summed E-state index contributed by atoms with van der Waals surface area (Å²) < 4.78 is 4.61. The van der Waals surface area contributed by atoms with Crippen LogP contribution in [0.4, 0.5) is 0 Å². The minimum Gasteiger partial charge on any atom is -0.388 e. The second-order valence-electron chi connectivity index (χ2n) is 3.17. The van der Waals surface area contributed by atoms with Gasteiger partial charge in [0.2, 0.25) is 0 Å². The van der Waals surface area contributed by atoms with Gasteiger partial charge in [0, 0.05) is 6.61 Å². The van der Waals surface area contributed by atoms with Crippen molar-refractivity contribution in [2.45, 2.75) is 26.2 Å². The van der Waals surface area contributed by atoms with Gasteiger partial charge in [-0.15, -0.1) is 0 Å². The van der Waals surface area contributed by atoms with Crippen LogP contribution in [-0.2, 0) is 4.74 Å². The molecule has 0 heterocycles.